The van der Waals surface area contributed by atoms with E-state index in [1.165, 1.54) is 0 Å². The third kappa shape index (κ3) is 5.02. The Morgan fingerprint density at radius 3 is 2.90 bits per heavy atom. The molecule has 0 unspecified atom stereocenters. The van der Waals surface area contributed by atoms with Crippen molar-refractivity contribution in [3.8, 4) is 18.1 Å². The number of anilines is 1. The Kier molecular flexibility index (Phi) is 6.74. The van der Waals surface area contributed by atoms with Gasteiger partial charge in [-0.25, -0.2) is 0 Å². The molecule has 0 aromatic heterocycles. The fourth-order valence-electron chi connectivity index (χ4n) is 1.59. The molecule has 1 aromatic rings. The van der Waals surface area contributed by atoms with Crippen molar-refractivity contribution in [2.24, 2.45) is 0 Å². The van der Waals surface area contributed by atoms with E-state index < -0.39 is 4.92 Å². The third-order valence-corrected chi connectivity index (χ3v) is 3.16. The highest BCUT2D eigenvalue weighted by molar-refractivity contribution is 7.99. The molecule has 0 fully saturated rings. The standard InChI is InChI=1S/C14H18N2O3S/c1-4-9-20-10-8-15-12-6-5-7-13(19-11(2)3)14(12)16(17)18/h1,5-7,11,15H,8-10H2,2-3H3. The molecule has 0 saturated heterocycles. The molecule has 0 saturated carbocycles. The SMILES string of the molecule is C#CCSCCNc1cccc(OC(C)C)c1[N+](=O)[O-]. The largest absolute Gasteiger partial charge is 0.484 e. The summed E-state index contributed by atoms with van der Waals surface area (Å²) in [7, 11) is 0. The number of benzene rings is 1. The minimum atomic E-state index is -0.422. The summed E-state index contributed by atoms with van der Waals surface area (Å²) in [6.45, 7) is 4.28. The van der Waals surface area contributed by atoms with Gasteiger partial charge in [0.25, 0.3) is 0 Å². The first-order valence-electron chi connectivity index (χ1n) is 6.25. The molecule has 5 nitrogen and oxygen atoms in total. The van der Waals surface area contributed by atoms with Crippen LogP contribution in [0.1, 0.15) is 13.8 Å². The average Bonchev–Trinajstić information content (AvgIpc) is 2.37. The number of nitrogens with one attached hydrogen (secondary N) is 1. The van der Waals surface area contributed by atoms with E-state index >= 15 is 0 Å². The van der Waals surface area contributed by atoms with Crippen molar-refractivity contribution in [1.29, 1.82) is 0 Å². The second-order valence-electron chi connectivity index (χ2n) is 4.26. The molecular weight excluding hydrogens is 276 g/mol. The highest BCUT2D eigenvalue weighted by Crippen LogP contribution is 2.35. The van der Waals surface area contributed by atoms with Crippen LogP contribution < -0.4 is 10.1 Å². The summed E-state index contributed by atoms with van der Waals surface area (Å²) in [5.41, 5.74) is 0.442. The summed E-state index contributed by atoms with van der Waals surface area (Å²) >= 11 is 1.60. The summed E-state index contributed by atoms with van der Waals surface area (Å²) < 4.78 is 5.48. The normalized spacial score (nSPS) is 10.1. The number of ether oxygens (including phenoxy) is 1. The molecule has 0 aliphatic carbocycles. The van der Waals surface area contributed by atoms with E-state index in [0.29, 0.717) is 18.0 Å². The third-order valence-electron chi connectivity index (χ3n) is 2.29. The number of terminal acetylenes is 1. The fourth-order valence-corrected chi connectivity index (χ4v) is 2.10. The average molecular weight is 294 g/mol. The molecule has 1 N–H and O–H groups in total. The van der Waals surface area contributed by atoms with Gasteiger partial charge in [-0.1, -0.05) is 12.0 Å². The summed E-state index contributed by atoms with van der Waals surface area (Å²) in [5.74, 6) is 4.24. The van der Waals surface area contributed by atoms with Crippen molar-refractivity contribution in [3.05, 3.63) is 28.3 Å². The molecule has 0 aliphatic rings. The van der Waals surface area contributed by atoms with Crippen LogP contribution in [0.5, 0.6) is 5.75 Å². The molecule has 6 heteroatoms. The molecule has 0 atom stereocenters. The number of hydrogen-bond donors (Lipinski definition) is 1. The van der Waals surface area contributed by atoms with Crippen molar-refractivity contribution in [2.75, 3.05) is 23.4 Å². The topological polar surface area (TPSA) is 64.4 Å². The predicted octanol–water partition coefficient (Wildman–Crippen LogP) is 3.16. The lowest BCUT2D eigenvalue weighted by atomic mass is 10.2. The van der Waals surface area contributed by atoms with Gasteiger partial charge in [0, 0.05) is 12.3 Å². The number of nitro groups is 1. The van der Waals surface area contributed by atoms with Crippen molar-refractivity contribution < 1.29 is 9.66 Å². The van der Waals surface area contributed by atoms with Gasteiger partial charge >= 0.3 is 5.69 Å². The van der Waals surface area contributed by atoms with Crippen molar-refractivity contribution in [2.45, 2.75) is 20.0 Å². The van der Waals surface area contributed by atoms with Crippen LogP contribution in [0.4, 0.5) is 11.4 Å². The second-order valence-corrected chi connectivity index (χ2v) is 5.36. The summed E-state index contributed by atoms with van der Waals surface area (Å²) in [6.07, 6.45) is 5.04. The number of thioether (sulfide) groups is 1. The van der Waals surface area contributed by atoms with Gasteiger partial charge in [0.2, 0.25) is 0 Å². The monoisotopic (exact) mass is 294 g/mol. The number of rotatable bonds is 8. The number of para-hydroxylation sites is 1. The van der Waals surface area contributed by atoms with E-state index in [2.05, 4.69) is 11.2 Å². The Morgan fingerprint density at radius 1 is 1.55 bits per heavy atom. The summed E-state index contributed by atoms with van der Waals surface area (Å²) in [4.78, 5) is 10.8. The molecule has 20 heavy (non-hydrogen) atoms. The zero-order valence-electron chi connectivity index (χ0n) is 11.6. The minimum Gasteiger partial charge on any atom is -0.484 e. The van der Waals surface area contributed by atoms with Gasteiger partial charge in [0.1, 0.15) is 5.69 Å². The molecule has 1 rings (SSSR count). The van der Waals surface area contributed by atoms with Crippen LogP contribution in [0.15, 0.2) is 18.2 Å². The Labute approximate surface area is 123 Å². The molecule has 0 aliphatic heterocycles. The zero-order chi connectivity index (χ0) is 15.0. The van der Waals surface area contributed by atoms with Gasteiger partial charge < -0.3 is 10.1 Å². The first-order chi connectivity index (χ1) is 9.56. The molecule has 0 radical (unpaired) electrons. The van der Waals surface area contributed by atoms with Crippen LogP contribution in [0, 0.1) is 22.5 Å². The Hall–Kier alpha value is -1.87. The van der Waals surface area contributed by atoms with Gasteiger partial charge in [-0.05, 0) is 26.0 Å². The van der Waals surface area contributed by atoms with Crippen LogP contribution >= 0.6 is 11.8 Å². The van der Waals surface area contributed by atoms with Gasteiger partial charge in [-0.15, -0.1) is 18.2 Å². The highest BCUT2D eigenvalue weighted by atomic mass is 32.2. The number of nitrogens with zero attached hydrogens (tertiary/aromatic N) is 1. The minimum absolute atomic E-state index is 0.0249. The molecular formula is C14H18N2O3S. The van der Waals surface area contributed by atoms with Crippen LogP contribution in [-0.2, 0) is 0 Å². The lowest BCUT2D eigenvalue weighted by molar-refractivity contribution is -0.385. The van der Waals surface area contributed by atoms with E-state index in [1.807, 2.05) is 13.8 Å². The molecule has 1 aromatic carbocycles. The summed E-state index contributed by atoms with van der Waals surface area (Å²) in [5, 5.41) is 14.3. The highest BCUT2D eigenvalue weighted by Gasteiger charge is 2.21. The number of nitro benzene ring substituents is 1. The molecule has 0 bridgehead atoms. The van der Waals surface area contributed by atoms with Gasteiger partial charge in [0.05, 0.1) is 16.8 Å². The van der Waals surface area contributed by atoms with Crippen molar-refractivity contribution in [3.63, 3.8) is 0 Å². The summed E-state index contributed by atoms with van der Waals surface area (Å²) in [6, 6.07) is 5.02. The maximum atomic E-state index is 11.2. The van der Waals surface area contributed by atoms with Gasteiger partial charge in [-0.3, -0.25) is 10.1 Å². The smallest absolute Gasteiger partial charge is 0.333 e. The second kappa shape index (κ2) is 8.33. The van der Waals surface area contributed by atoms with Crippen LogP contribution in [0.3, 0.4) is 0 Å². The predicted molar refractivity (Wildman–Crippen MR) is 83.5 cm³/mol. The Balaban J connectivity index is 2.79. The molecule has 0 spiro atoms. The first-order valence-corrected chi connectivity index (χ1v) is 7.41. The van der Waals surface area contributed by atoms with Crippen LogP contribution in [-0.4, -0.2) is 29.1 Å². The molecule has 0 amide bonds. The van der Waals surface area contributed by atoms with Gasteiger partial charge in [-0.2, -0.15) is 0 Å². The lowest BCUT2D eigenvalue weighted by Gasteiger charge is -2.13. The van der Waals surface area contributed by atoms with Crippen molar-refractivity contribution in [1.82, 2.24) is 0 Å². The Bertz CT molecular complexity index is 498. The molecule has 108 valence electrons. The van der Waals surface area contributed by atoms with Gasteiger partial charge in [0.15, 0.2) is 5.75 Å². The van der Waals surface area contributed by atoms with E-state index in [0.717, 1.165) is 5.75 Å². The van der Waals surface area contributed by atoms with Crippen molar-refractivity contribution >= 4 is 23.1 Å². The fraction of sp³-hybridized carbons (Fsp3) is 0.429. The van der Waals surface area contributed by atoms with E-state index in [1.54, 1.807) is 30.0 Å². The maximum absolute atomic E-state index is 11.2. The van der Waals surface area contributed by atoms with E-state index in [9.17, 15) is 10.1 Å². The van der Waals surface area contributed by atoms with E-state index in [-0.39, 0.29) is 17.5 Å². The first kappa shape index (κ1) is 16.2. The van der Waals surface area contributed by atoms with Crippen LogP contribution in [0.25, 0.3) is 0 Å². The quantitative estimate of drug-likeness (QED) is 0.345. The zero-order valence-corrected chi connectivity index (χ0v) is 12.4. The number of hydrogen-bond acceptors (Lipinski definition) is 5. The van der Waals surface area contributed by atoms with Crippen LogP contribution in [0.2, 0.25) is 0 Å². The Morgan fingerprint density at radius 2 is 2.30 bits per heavy atom. The van der Waals surface area contributed by atoms with E-state index in [4.69, 9.17) is 11.2 Å². The lowest BCUT2D eigenvalue weighted by Crippen LogP contribution is -2.10. The molecule has 0 heterocycles. The maximum Gasteiger partial charge on any atom is 0.333 e.